The van der Waals surface area contributed by atoms with Gasteiger partial charge in [-0.05, 0) is 36.5 Å². The molecule has 0 radical (unpaired) electrons. The van der Waals surface area contributed by atoms with Gasteiger partial charge in [-0.1, -0.05) is 19.9 Å². The van der Waals surface area contributed by atoms with Crippen molar-refractivity contribution in [1.29, 1.82) is 0 Å². The number of carbonyl (C=O) groups is 1. The van der Waals surface area contributed by atoms with Crippen molar-refractivity contribution in [3.63, 3.8) is 0 Å². The highest BCUT2D eigenvalue weighted by Crippen LogP contribution is 2.51. The number of carbonyl (C=O) groups excluding carboxylic acids is 1. The third-order valence-corrected chi connectivity index (χ3v) is 3.54. The molecule has 1 amide bonds. The van der Waals surface area contributed by atoms with Crippen LogP contribution in [-0.2, 0) is 4.79 Å². The van der Waals surface area contributed by atoms with Crippen LogP contribution >= 0.6 is 0 Å². The van der Waals surface area contributed by atoms with Gasteiger partial charge in [0.25, 0.3) is 6.43 Å². The van der Waals surface area contributed by atoms with Crippen LogP contribution in [0.3, 0.4) is 0 Å². The predicted molar refractivity (Wildman–Crippen MR) is 66.8 cm³/mol. The van der Waals surface area contributed by atoms with Gasteiger partial charge in [-0.15, -0.1) is 0 Å². The number of anilines is 1. The van der Waals surface area contributed by atoms with Crippen molar-refractivity contribution < 1.29 is 18.0 Å². The van der Waals surface area contributed by atoms with Gasteiger partial charge < -0.3 is 5.32 Å². The van der Waals surface area contributed by atoms with Gasteiger partial charge in [-0.25, -0.2) is 13.2 Å². The quantitative estimate of drug-likeness (QED) is 0.883. The van der Waals surface area contributed by atoms with E-state index < -0.39 is 23.6 Å². The zero-order valence-corrected chi connectivity index (χ0v) is 10.8. The van der Waals surface area contributed by atoms with Crippen LogP contribution in [0.1, 0.15) is 38.2 Å². The summed E-state index contributed by atoms with van der Waals surface area (Å²) in [6.07, 6.45) is -2.31. The van der Waals surface area contributed by atoms with Gasteiger partial charge in [0.1, 0.15) is 11.2 Å². The minimum Gasteiger partial charge on any atom is -0.325 e. The number of rotatable bonds is 4. The average molecular weight is 271 g/mol. The summed E-state index contributed by atoms with van der Waals surface area (Å²) in [6, 6.07) is 4.28. The van der Waals surface area contributed by atoms with Crippen LogP contribution in [-0.4, -0.2) is 12.3 Å². The molecule has 1 aliphatic rings. The summed E-state index contributed by atoms with van der Waals surface area (Å²) in [7, 11) is 0. The topological polar surface area (TPSA) is 29.1 Å². The van der Waals surface area contributed by atoms with E-state index in [9.17, 15) is 18.0 Å². The van der Waals surface area contributed by atoms with Crippen molar-refractivity contribution in [3.05, 3.63) is 29.6 Å². The summed E-state index contributed by atoms with van der Waals surface area (Å²) in [6.45, 7) is 3.71. The van der Waals surface area contributed by atoms with E-state index >= 15 is 0 Å². The van der Waals surface area contributed by atoms with Gasteiger partial charge in [-0.2, -0.15) is 0 Å². The van der Waals surface area contributed by atoms with Crippen LogP contribution in [0.15, 0.2) is 18.2 Å². The smallest absolute Gasteiger partial charge is 0.252 e. The Morgan fingerprint density at radius 3 is 2.37 bits per heavy atom. The van der Waals surface area contributed by atoms with Crippen molar-refractivity contribution in [2.45, 2.75) is 39.0 Å². The Morgan fingerprint density at radius 1 is 1.32 bits per heavy atom. The van der Waals surface area contributed by atoms with E-state index in [0.29, 0.717) is 5.56 Å². The number of amides is 1. The monoisotopic (exact) mass is 271 g/mol. The molecule has 0 spiro atoms. The third kappa shape index (κ3) is 2.60. The Bertz CT molecular complexity index is 495. The molecule has 0 atom stereocenters. The molecule has 0 aromatic heterocycles. The first kappa shape index (κ1) is 13.9. The fourth-order valence-corrected chi connectivity index (χ4v) is 2.01. The first-order chi connectivity index (χ1) is 8.86. The number of halogens is 3. The van der Waals surface area contributed by atoms with Crippen LogP contribution in [0, 0.1) is 11.2 Å². The largest absolute Gasteiger partial charge is 0.325 e. The molecule has 1 aromatic rings. The highest BCUT2D eigenvalue weighted by atomic mass is 19.3. The molecule has 0 aliphatic heterocycles. The first-order valence-corrected chi connectivity index (χ1v) is 6.26. The van der Waals surface area contributed by atoms with E-state index in [2.05, 4.69) is 5.32 Å². The van der Waals surface area contributed by atoms with E-state index in [1.165, 1.54) is 12.1 Å². The lowest BCUT2D eigenvalue weighted by atomic mass is 10.0. The minimum absolute atomic E-state index is 0.0283. The molecule has 19 heavy (non-hydrogen) atoms. The standard InChI is InChI=1S/C14H16F3NO/c1-8(2)10-4-3-9(7-11(10)15)18-13(19)14(5-6-14)12(16)17/h3-4,7-8,12H,5-6H2,1-2H3,(H,18,19). The van der Waals surface area contributed by atoms with Crippen LogP contribution in [0.25, 0.3) is 0 Å². The summed E-state index contributed by atoms with van der Waals surface area (Å²) in [5, 5.41) is 2.37. The minimum atomic E-state index is -2.67. The third-order valence-electron chi connectivity index (χ3n) is 3.54. The van der Waals surface area contributed by atoms with Gasteiger partial charge >= 0.3 is 0 Å². The highest BCUT2D eigenvalue weighted by molar-refractivity contribution is 5.97. The molecule has 0 saturated heterocycles. The lowest BCUT2D eigenvalue weighted by Gasteiger charge is -2.15. The fourth-order valence-electron chi connectivity index (χ4n) is 2.01. The molecular weight excluding hydrogens is 255 g/mol. The summed E-state index contributed by atoms with van der Waals surface area (Å²) < 4.78 is 39.2. The number of alkyl halides is 2. The summed E-state index contributed by atoms with van der Waals surface area (Å²) in [4.78, 5) is 11.8. The summed E-state index contributed by atoms with van der Waals surface area (Å²) in [5.41, 5.74) is -0.806. The zero-order valence-electron chi connectivity index (χ0n) is 10.8. The molecule has 104 valence electrons. The van der Waals surface area contributed by atoms with Gasteiger partial charge in [0.15, 0.2) is 0 Å². The van der Waals surface area contributed by atoms with Crippen molar-refractivity contribution >= 4 is 11.6 Å². The second-order valence-corrected chi connectivity index (χ2v) is 5.30. The van der Waals surface area contributed by atoms with Crippen LogP contribution in [0.2, 0.25) is 0 Å². The molecule has 0 bridgehead atoms. The number of nitrogens with one attached hydrogen (secondary N) is 1. The van der Waals surface area contributed by atoms with Crippen molar-refractivity contribution in [3.8, 4) is 0 Å². The molecule has 2 nitrogen and oxygen atoms in total. The molecule has 1 saturated carbocycles. The maximum Gasteiger partial charge on any atom is 0.252 e. The van der Waals surface area contributed by atoms with Crippen LogP contribution < -0.4 is 5.32 Å². The molecular formula is C14H16F3NO. The van der Waals surface area contributed by atoms with E-state index in [0.717, 1.165) is 0 Å². The van der Waals surface area contributed by atoms with Crippen LogP contribution in [0.4, 0.5) is 18.9 Å². The summed E-state index contributed by atoms with van der Waals surface area (Å²) >= 11 is 0. The second kappa shape index (κ2) is 4.87. The van der Waals surface area contributed by atoms with Gasteiger partial charge in [0, 0.05) is 5.69 Å². The Balaban J connectivity index is 2.12. The summed E-state index contributed by atoms with van der Waals surface area (Å²) in [5.74, 6) is -1.13. The van der Waals surface area contributed by atoms with Crippen molar-refractivity contribution in [2.24, 2.45) is 5.41 Å². The number of benzene rings is 1. The Morgan fingerprint density at radius 2 is 1.95 bits per heavy atom. The molecule has 2 rings (SSSR count). The number of hydrogen-bond donors (Lipinski definition) is 1. The molecule has 1 aliphatic carbocycles. The SMILES string of the molecule is CC(C)c1ccc(NC(=O)C2(C(F)F)CC2)cc1F. The normalized spacial score (nSPS) is 16.8. The second-order valence-electron chi connectivity index (χ2n) is 5.30. The van der Waals surface area contributed by atoms with E-state index in [4.69, 9.17) is 0 Å². The van der Waals surface area contributed by atoms with Gasteiger partial charge in [0.05, 0.1) is 0 Å². The fraction of sp³-hybridized carbons (Fsp3) is 0.500. The highest BCUT2D eigenvalue weighted by Gasteiger charge is 2.57. The van der Waals surface area contributed by atoms with E-state index in [1.807, 2.05) is 13.8 Å². The Kier molecular flexibility index (Phi) is 3.56. The molecule has 1 N–H and O–H groups in total. The van der Waals surface area contributed by atoms with Crippen LogP contribution in [0.5, 0.6) is 0 Å². The van der Waals surface area contributed by atoms with E-state index in [1.54, 1.807) is 6.07 Å². The molecule has 1 aromatic carbocycles. The average Bonchev–Trinajstić information content (AvgIpc) is 3.09. The van der Waals surface area contributed by atoms with Gasteiger partial charge in [0.2, 0.25) is 5.91 Å². The van der Waals surface area contributed by atoms with Crippen molar-refractivity contribution in [2.75, 3.05) is 5.32 Å². The molecule has 0 unspecified atom stereocenters. The van der Waals surface area contributed by atoms with Crippen molar-refractivity contribution in [1.82, 2.24) is 0 Å². The lowest BCUT2D eigenvalue weighted by Crippen LogP contribution is -2.30. The zero-order chi connectivity index (χ0) is 14.2. The molecule has 1 fully saturated rings. The lowest BCUT2D eigenvalue weighted by molar-refractivity contribution is -0.126. The maximum absolute atomic E-state index is 13.7. The Hall–Kier alpha value is -1.52. The Labute approximate surface area is 110 Å². The maximum atomic E-state index is 13.7. The predicted octanol–water partition coefficient (Wildman–Crippen LogP) is 3.93. The van der Waals surface area contributed by atoms with Gasteiger partial charge in [-0.3, -0.25) is 4.79 Å². The molecule has 5 heteroatoms. The van der Waals surface area contributed by atoms with E-state index in [-0.39, 0.29) is 24.4 Å². The first-order valence-electron chi connectivity index (χ1n) is 6.26. The number of hydrogen-bond acceptors (Lipinski definition) is 1. The molecule has 0 heterocycles.